The van der Waals surface area contributed by atoms with Crippen LogP contribution in [0.15, 0.2) is 67.0 Å². The lowest BCUT2D eigenvalue weighted by Crippen LogP contribution is -2.55. The maximum Gasteiger partial charge on any atom is 0.417 e. The number of hydrogen-bond donors (Lipinski definition) is 1. The van der Waals surface area contributed by atoms with Gasteiger partial charge in [0.2, 0.25) is 0 Å². The smallest absolute Gasteiger partial charge is 0.380 e. The number of pyridine rings is 1. The highest BCUT2D eigenvalue weighted by Gasteiger charge is 2.61. The maximum absolute atomic E-state index is 13.9. The van der Waals surface area contributed by atoms with Crippen LogP contribution in [-0.2, 0) is 18.3 Å². The first-order valence-electron chi connectivity index (χ1n) is 12.6. The molecule has 0 aliphatic heterocycles. The van der Waals surface area contributed by atoms with Crippen molar-refractivity contribution in [1.82, 2.24) is 14.8 Å². The standard InChI is InChI=1S/C29H27F4N3O/c30-22-7-9-24(10-8-22)36-26-15-19-4-3-5-21-16-28(37,29(31,32)33)12-11-27(21,17-23-6-1-2-13-34-23)25(19)14-20(26)18-35-36/h1-2,6-10,13-15,18,21,37H,3-5,11-12,16-17H2/t21-,27-,28-/m0/s1. The number of aliphatic hydroxyl groups is 1. The summed E-state index contributed by atoms with van der Waals surface area (Å²) in [5.74, 6) is -0.673. The Morgan fingerprint density at radius 3 is 2.59 bits per heavy atom. The van der Waals surface area contributed by atoms with Gasteiger partial charge in [-0.25, -0.2) is 9.07 Å². The number of alkyl halides is 3. The molecule has 2 aromatic carbocycles. The molecule has 1 N–H and O–H groups in total. The van der Waals surface area contributed by atoms with E-state index in [4.69, 9.17) is 0 Å². The molecule has 2 heterocycles. The Balaban J connectivity index is 1.50. The molecule has 0 radical (unpaired) electrons. The molecule has 0 saturated heterocycles. The summed E-state index contributed by atoms with van der Waals surface area (Å²) in [5, 5.41) is 16.1. The number of benzene rings is 2. The van der Waals surface area contributed by atoms with Gasteiger partial charge in [0.25, 0.3) is 0 Å². The predicted molar refractivity (Wildman–Crippen MR) is 132 cm³/mol. The lowest BCUT2D eigenvalue weighted by atomic mass is 9.56. The highest BCUT2D eigenvalue weighted by molar-refractivity contribution is 5.82. The number of aromatic nitrogens is 3. The van der Waals surface area contributed by atoms with E-state index in [0.29, 0.717) is 12.8 Å². The van der Waals surface area contributed by atoms with Gasteiger partial charge in [0.05, 0.1) is 17.4 Å². The molecule has 0 spiro atoms. The molecule has 4 nitrogen and oxygen atoms in total. The molecule has 192 valence electrons. The van der Waals surface area contributed by atoms with E-state index >= 15 is 0 Å². The second-order valence-electron chi connectivity index (χ2n) is 10.6. The number of nitrogens with zero attached hydrogens (tertiary/aromatic N) is 3. The fourth-order valence-corrected chi connectivity index (χ4v) is 6.60. The van der Waals surface area contributed by atoms with E-state index < -0.39 is 17.2 Å². The molecular weight excluding hydrogens is 482 g/mol. The molecule has 37 heavy (non-hydrogen) atoms. The van der Waals surface area contributed by atoms with Gasteiger partial charge in [-0.05, 0) is 111 Å². The van der Waals surface area contributed by atoms with Crippen molar-refractivity contribution in [2.45, 2.75) is 62.1 Å². The summed E-state index contributed by atoms with van der Waals surface area (Å²) in [6.45, 7) is 0. The lowest BCUT2D eigenvalue weighted by Gasteiger charge is -2.50. The Hall–Kier alpha value is -3.26. The van der Waals surface area contributed by atoms with Crippen molar-refractivity contribution >= 4 is 10.9 Å². The third-order valence-corrected chi connectivity index (χ3v) is 8.50. The second kappa shape index (κ2) is 8.65. The van der Waals surface area contributed by atoms with Crippen molar-refractivity contribution in [2.75, 3.05) is 0 Å². The minimum atomic E-state index is -4.67. The van der Waals surface area contributed by atoms with Crippen molar-refractivity contribution in [3.05, 3.63) is 89.6 Å². The summed E-state index contributed by atoms with van der Waals surface area (Å²) >= 11 is 0. The Bertz CT molecular complexity index is 1430. The fourth-order valence-electron chi connectivity index (χ4n) is 6.60. The first-order valence-corrected chi connectivity index (χ1v) is 12.6. The maximum atomic E-state index is 13.9. The van der Waals surface area contributed by atoms with E-state index in [2.05, 4.69) is 22.2 Å². The Kier molecular flexibility index (Phi) is 5.64. The van der Waals surface area contributed by atoms with Crippen LogP contribution in [0.1, 0.15) is 48.9 Å². The zero-order chi connectivity index (χ0) is 25.8. The van der Waals surface area contributed by atoms with Crippen LogP contribution in [0, 0.1) is 11.7 Å². The predicted octanol–water partition coefficient (Wildman–Crippen LogP) is 6.47. The van der Waals surface area contributed by atoms with Crippen LogP contribution in [-0.4, -0.2) is 31.6 Å². The number of hydrogen-bond acceptors (Lipinski definition) is 3. The summed E-state index contributed by atoms with van der Waals surface area (Å²) in [6.07, 6.45) is 0.926. The summed E-state index contributed by atoms with van der Waals surface area (Å²) in [7, 11) is 0. The minimum absolute atomic E-state index is 0.217. The van der Waals surface area contributed by atoms with Crippen molar-refractivity contribution < 1.29 is 22.7 Å². The molecular formula is C29H27F4N3O. The van der Waals surface area contributed by atoms with Gasteiger partial charge in [-0.15, -0.1) is 0 Å². The zero-order valence-electron chi connectivity index (χ0n) is 20.2. The fraction of sp³-hybridized carbons (Fsp3) is 0.379. The molecule has 0 amide bonds. The van der Waals surface area contributed by atoms with E-state index in [-0.39, 0.29) is 31.0 Å². The Morgan fingerprint density at radius 2 is 1.86 bits per heavy atom. The number of fused-ring (bicyclic) bond motifs is 4. The normalized spacial score (nSPS) is 25.9. The van der Waals surface area contributed by atoms with Crippen LogP contribution in [0.5, 0.6) is 0 Å². The Labute approximate surface area is 212 Å². The van der Waals surface area contributed by atoms with Crippen molar-refractivity contribution in [1.29, 1.82) is 0 Å². The van der Waals surface area contributed by atoms with E-state index in [0.717, 1.165) is 46.3 Å². The van der Waals surface area contributed by atoms with Gasteiger partial charge in [-0.2, -0.15) is 18.3 Å². The van der Waals surface area contributed by atoms with Crippen LogP contribution < -0.4 is 0 Å². The lowest BCUT2D eigenvalue weighted by molar-refractivity contribution is -0.279. The highest BCUT2D eigenvalue weighted by Crippen LogP contribution is 2.56. The summed E-state index contributed by atoms with van der Waals surface area (Å²) in [5.41, 5.74) is 1.32. The average Bonchev–Trinajstić information content (AvgIpc) is 3.22. The van der Waals surface area contributed by atoms with Gasteiger partial charge in [-0.3, -0.25) is 4.98 Å². The van der Waals surface area contributed by atoms with Crippen LogP contribution in [0.2, 0.25) is 0 Å². The molecule has 0 bridgehead atoms. The molecule has 8 heteroatoms. The van der Waals surface area contributed by atoms with Crippen molar-refractivity contribution in [3.8, 4) is 5.69 Å². The number of rotatable bonds is 3. The van der Waals surface area contributed by atoms with Gasteiger partial charge in [0.15, 0.2) is 5.60 Å². The van der Waals surface area contributed by atoms with Gasteiger partial charge in [0, 0.05) is 22.7 Å². The van der Waals surface area contributed by atoms with Gasteiger partial charge in [-0.1, -0.05) is 6.07 Å². The van der Waals surface area contributed by atoms with E-state index in [1.54, 1.807) is 29.2 Å². The van der Waals surface area contributed by atoms with E-state index in [1.165, 1.54) is 12.1 Å². The molecule has 1 fully saturated rings. The van der Waals surface area contributed by atoms with E-state index in [1.807, 2.05) is 18.2 Å². The molecule has 0 unspecified atom stereocenters. The molecule has 3 atom stereocenters. The largest absolute Gasteiger partial charge is 0.417 e. The van der Waals surface area contributed by atoms with Crippen LogP contribution in [0.3, 0.4) is 0 Å². The first-order chi connectivity index (χ1) is 17.7. The van der Waals surface area contributed by atoms with Crippen molar-refractivity contribution in [3.63, 3.8) is 0 Å². The zero-order valence-corrected chi connectivity index (χ0v) is 20.2. The first kappa shape index (κ1) is 24.1. The summed E-state index contributed by atoms with van der Waals surface area (Å²) in [6, 6.07) is 15.9. The summed E-state index contributed by atoms with van der Waals surface area (Å²) in [4.78, 5) is 4.53. The Morgan fingerprint density at radius 1 is 1.05 bits per heavy atom. The van der Waals surface area contributed by atoms with Gasteiger partial charge < -0.3 is 5.11 Å². The number of aryl methyl sites for hydroxylation is 1. The van der Waals surface area contributed by atoms with E-state index in [9.17, 15) is 22.7 Å². The molecule has 6 rings (SSSR count). The molecule has 2 aliphatic rings. The number of halogens is 4. The quantitative estimate of drug-likeness (QED) is 0.322. The highest BCUT2D eigenvalue weighted by atomic mass is 19.4. The monoisotopic (exact) mass is 509 g/mol. The van der Waals surface area contributed by atoms with Crippen LogP contribution >= 0.6 is 0 Å². The van der Waals surface area contributed by atoms with Crippen LogP contribution in [0.4, 0.5) is 17.6 Å². The molecule has 1 saturated carbocycles. The van der Waals surface area contributed by atoms with Gasteiger partial charge >= 0.3 is 6.18 Å². The van der Waals surface area contributed by atoms with Crippen LogP contribution in [0.25, 0.3) is 16.6 Å². The van der Waals surface area contributed by atoms with Gasteiger partial charge in [0.1, 0.15) is 5.82 Å². The molecule has 2 aromatic heterocycles. The summed E-state index contributed by atoms with van der Waals surface area (Å²) < 4.78 is 57.1. The molecule has 2 aliphatic carbocycles. The second-order valence-corrected chi connectivity index (χ2v) is 10.6. The third-order valence-electron chi connectivity index (χ3n) is 8.50. The van der Waals surface area contributed by atoms with Crippen molar-refractivity contribution in [2.24, 2.45) is 5.92 Å². The SMILES string of the molecule is O[C@@]1(C(F)(F)F)CC[C@@]2(Cc3ccccn3)c3cc4cnn(-c5ccc(F)cc5)c4cc3CCC[C@H]2C1. The molecule has 4 aromatic rings. The third kappa shape index (κ3) is 4.02. The minimum Gasteiger partial charge on any atom is -0.380 e. The average molecular weight is 510 g/mol. The topological polar surface area (TPSA) is 50.9 Å².